The van der Waals surface area contributed by atoms with Crippen molar-refractivity contribution >= 4 is 11.6 Å². The summed E-state index contributed by atoms with van der Waals surface area (Å²) in [5, 5.41) is 11.3. The first-order valence-corrected chi connectivity index (χ1v) is 10.4. The number of H-pyrrole nitrogens is 1. The Kier molecular flexibility index (Phi) is 6.41. The second-order valence-electron chi connectivity index (χ2n) is 7.18. The highest BCUT2D eigenvalue weighted by Crippen LogP contribution is 2.28. The van der Waals surface area contributed by atoms with Crippen molar-refractivity contribution in [2.75, 3.05) is 6.61 Å². The van der Waals surface area contributed by atoms with E-state index < -0.39 is 0 Å². The number of benzene rings is 3. The van der Waals surface area contributed by atoms with Crippen LogP contribution in [-0.2, 0) is 0 Å². The van der Waals surface area contributed by atoms with E-state index in [2.05, 4.69) is 32.9 Å². The molecule has 1 heterocycles. The Bertz CT molecular complexity index is 1230. The number of carbonyl (C=O) groups is 1. The van der Waals surface area contributed by atoms with Gasteiger partial charge in [0.1, 0.15) is 11.4 Å². The lowest BCUT2D eigenvalue weighted by atomic mass is 10.0. The zero-order valence-electron chi connectivity index (χ0n) is 18.0. The molecule has 1 amide bonds. The van der Waals surface area contributed by atoms with Crippen molar-refractivity contribution in [2.24, 2.45) is 5.10 Å². The molecule has 32 heavy (non-hydrogen) atoms. The molecule has 4 aromatic rings. The molecule has 0 aliphatic carbocycles. The van der Waals surface area contributed by atoms with E-state index in [0.717, 1.165) is 28.0 Å². The molecule has 2 N–H and O–H groups in total. The molecule has 160 valence electrons. The fourth-order valence-electron chi connectivity index (χ4n) is 3.33. The van der Waals surface area contributed by atoms with Crippen LogP contribution in [-0.4, -0.2) is 28.4 Å². The fraction of sp³-hybridized carbons (Fsp3) is 0.115. The van der Waals surface area contributed by atoms with Gasteiger partial charge < -0.3 is 4.74 Å². The van der Waals surface area contributed by atoms with Crippen molar-refractivity contribution in [3.05, 3.63) is 96.2 Å². The minimum Gasteiger partial charge on any atom is -0.493 e. The average Bonchev–Trinajstić information content (AvgIpc) is 3.34. The van der Waals surface area contributed by atoms with Crippen molar-refractivity contribution in [3.63, 3.8) is 0 Å². The first-order valence-electron chi connectivity index (χ1n) is 10.4. The number of amides is 1. The lowest BCUT2D eigenvalue weighted by molar-refractivity contribution is 0.0950. The van der Waals surface area contributed by atoms with Crippen LogP contribution in [0.1, 0.15) is 29.9 Å². The van der Waals surface area contributed by atoms with E-state index >= 15 is 0 Å². The fourth-order valence-corrected chi connectivity index (χ4v) is 3.33. The van der Waals surface area contributed by atoms with Gasteiger partial charge in [-0.05, 0) is 48.7 Å². The van der Waals surface area contributed by atoms with Crippen molar-refractivity contribution in [1.29, 1.82) is 0 Å². The highest BCUT2D eigenvalue weighted by atomic mass is 16.5. The van der Waals surface area contributed by atoms with Crippen molar-refractivity contribution in [1.82, 2.24) is 15.6 Å². The summed E-state index contributed by atoms with van der Waals surface area (Å²) in [6.07, 6.45) is 0. The van der Waals surface area contributed by atoms with Crippen LogP contribution in [0.15, 0.2) is 90.0 Å². The molecule has 0 aliphatic rings. The minimum atomic E-state index is -0.363. The summed E-state index contributed by atoms with van der Waals surface area (Å²) >= 11 is 0. The zero-order valence-corrected chi connectivity index (χ0v) is 18.0. The lowest BCUT2D eigenvalue weighted by Gasteiger charge is -2.07. The molecule has 0 radical (unpaired) electrons. The molecule has 3 aromatic carbocycles. The number of aromatic amines is 1. The SMILES string of the molecule is CCOc1ccccc1-c1cc(C(=O)N/N=C(/C)c2ccc(-c3ccccc3)cc2)[nH]n1. The number of rotatable bonds is 7. The van der Waals surface area contributed by atoms with Crippen LogP contribution in [0, 0.1) is 0 Å². The van der Waals surface area contributed by atoms with Crippen LogP contribution in [0.2, 0.25) is 0 Å². The molecule has 0 unspecified atom stereocenters. The number of hydrogen-bond acceptors (Lipinski definition) is 4. The third kappa shape index (κ3) is 4.75. The van der Waals surface area contributed by atoms with Gasteiger partial charge in [0.15, 0.2) is 0 Å². The van der Waals surface area contributed by atoms with Gasteiger partial charge >= 0.3 is 0 Å². The predicted octanol–water partition coefficient (Wildman–Crippen LogP) is 5.30. The van der Waals surface area contributed by atoms with E-state index in [4.69, 9.17) is 4.74 Å². The largest absolute Gasteiger partial charge is 0.493 e. The maximum absolute atomic E-state index is 12.6. The van der Waals surface area contributed by atoms with Crippen molar-refractivity contribution in [3.8, 4) is 28.1 Å². The molecule has 6 heteroatoms. The third-order valence-electron chi connectivity index (χ3n) is 5.02. The summed E-state index contributed by atoms with van der Waals surface area (Å²) in [5.41, 5.74) is 8.30. The highest BCUT2D eigenvalue weighted by molar-refractivity contribution is 6.01. The number of nitrogens with zero attached hydrogens (tertiary/aromatic N) is 2. The van der Waals surface area contributed by atoms with E-state index in [9.17, 15) is 4.79 Å². The minimum absolute atomic E-state index is 0.322. The number of aromatic nitrogens is 2. The number of hydrazone groups is 1. The first-order chi connectivity index (χ1) is 15.7. The van der Waals surface area contributed by atoms with E-state index in [0.29, 0.717) is 23.7 Å². The summed E-state index contributed by atoms with van der Waals surface area (Å²) in [4.78, 5) is 12.6. The zero-order chi connectivity index (χ0) is 22.3. The number of ether oxygens (including phenoxy) is 1. The van der Waals surface area contributed by atoms with E-state index in [-0.39, 0.29) is 5.91 Å². The van der Waals surface area contributed by atoms with Gasteiger partial charge in [0.2, 0.25) is 0 Å². The maximum atomic E-state index is 12.6. The van der Waals surface area contributed by atoms with Gasteiger partial charge in [-0.25, -0.2) is 5.43 Å². The predicted molar refractivity (Wildman–Crippen MR) is 127 cm³/mol. The summed E-state index contributed by atoms with van der Waals surface area (Å²) in [5.74, 6) is 0.360. The summed E-state index contributed by atoms with van der Waals surface area (Å²) in [6.45, 7) is 4.33. The smallest absolute Gasteiger partial charge is 0.289 e. The van der Waals surface area contributed by atoms with E-state index in [1.54, 1.807) is 6.07 Å². The molecule has 4 rings (SSSR count). The molecule has 0 saturated heterocycles. The van der Waals surface area contributed by atoms with Gasteiger partial charge in [0.05, 0.1) is 18.0 Å². The quantitative estimate of drug-likeness (QED) is 0.312. The van der Waals surface area contributed by atoms with Crippen LogP contribution >= 0.6 is 0 Å². The van der Waals surface area contributed by atoms with Gasteiger partial charge in [-0.3, -0.25) is 9.89 Å². The van der Waals surface area contributed by atoms with Crippen molar-refractivity contribution in [2.45, 2.75) is 13.8 Å². The molecule has 1 aromatic heterocycles. The lowest BCUT2D eigenvalue weighted by Crippen LogP contribution is -2.19. The normalized spacial score (nSPS) is 11.2. The van der Waals surface area contributed by atoms with Crippen LogP contribution in [0.4, 0.5) is 0 Å². The highest BCUT2D eigenvalue weighted by Gasteiger charge is 2.13. The summed E-state index contributed by atoms with van der Waals surface area (Å²) in [6, 6.07) is 27.5. The summed E-state index contributed by atoms with van der Waals surface area (Å²) in [7, 11) is 0. The van der Waals surface area contributed by atoms with Gasteiger partial charge in [-0.15, -0.1) is 0 Å². The second-order valence-corrected chi connectivity index (χ2v) is 7.18. The van der Waals surface area contributed by atoms with Gasteiger partial charge in [0, 0.05) is 5.56 Å². The Morgan fingerprint density at radius 1 is 0.969 bits per heavy atom. The van der Waals surface area contributed by atoms with Crippen molar-refractivity contribution < 1.29 is 9.53 Å². The average molecular weight is 425 g/mol. The third-order valence-corrected chi connectivity index (χ3v) is 5.02. The molecule has 0 spiro atoms. The molecular formula is C26H24N4O2. The number of nitrogens with one attached hydrogen (secondary N) is 2. The van der Waals surface area contributed by atoms with Crippen LogP contribution < -0.4 is 10.2 Å². The molecule has 0 saturated carbocycles. The number of para-hydroxylation sites is 1. The monoisotopic (exact) mass is 424 g/mol. The van der Waals surface area contributed by atoms with E-state index in [1.165, 1.54) is 0 Å². The Morgan fingerprint density at radius 3 is 2.41 bits per heavy atom. The Morgan fingerprint density at radius 2 is 1.66 bits per heavy atom. The van der Waals surface area contributed by atoms with Gasteiger partial charge in [-0.2, -0.15) is 10.2 Å². The van der Waals surface area contributed by atoms with Crippen LogP contribution in [0.3, 0.4) is 0 Å². The Balaban J connectivity index is 1.44. The molecule has 0 bridgehead atoms. The molecular weight excluding hydrogens is 400 g/mol. The molecule has 6 nitrogen and oxygen atoms in total. The number of carbonyl (C=O) groups excluding carboxylic acids is 1. The molecule has 0 aliphatic heterocycles. The van der Waals surface area contributed by atoms with Gasteiger partial charge in [-0.1, -0.05) is 66.7 Å². The first kappa shape index (κ1) is 21.1. The standard InChI is InChI=1S/C26H24N4O2/c1-3-32-25-12-8-7-11-22(25)23-17-24(29-28-23)26(31)30-27-18(2)19-13-15-21(16-14-19)20-9-5-4-6-10-20/h4-17H,3H2,1-2H3,(H,28,29)(H,30,31)/b27-18-. The van der Waals surface area contributed by atoms with Crippen LogP contribution in [0.5, 0.6) is 5.75 Å². The van der Waals surface area contributed by atoms with Crippen LogP contribution in [0.25, 0.3) is 22.4 Å². The maximum Gasteiger partial charge on any atom is 0.289 e. The Hall–Kier alpha value is -4.19. The molecule has 0 fully saturated rings. The Labute approximate surface area is 187 Å². The summed E-state index contributed by atoms with van der Waals surface area (Å²) < 4.78 is 5.65. The van der Waals surface area contributed by atoms with E-state index in [1.807, 2.05) is 80.6 Å². The molecule has 0 atom stereocenters. The second kappa shape index (κ2) is 9.75. The topological polar surface area (TPSA) is 79.4 Å². The number of hydrogen-bond donors (Lipinski definition) is 2. The van der Waals surface area contributed by atoms with Gasteiger partial charge in [0.25, 0.3) is 5.91 Å².